The summed E-state index contributed by atoms with van der Waals surface area (Å²) in [4.78, 5) is 22.5. The zero-order valence-electron chi connectivity index (χ0n) is 11.7. The number of carbonyl (C=O) groups excluding carboxylic acids is 1. The standard InChI is InChI=1S/C15H19NO3/c1-10-7-11(5-6-13(17)18)9-12(8-10)14(19)16-15(2,3)4/h5-9H,1-4H3,(H,16,19)(H,17,18)/b6-5+. The molecule has 4 heteroatoms. The lowest BCUT2D eigenvalue weighted by atomic mass is 10.0. The summed E-state index contributed by atoms with van der Waals surface area (Å²) in [7, 11) is 0. The fourth-order valence-corrected chi connectivity index (χ4v) is 1.62. The third kappa shape index (κ3) is 5.38. The molecule has 2 N–H and O–H groups in total. The van der Waals surface area contributed by atoms with E-state index in [2.05, 4.69) is 5.32 Å². The number of rotatable bonds is 3. The van der Waals surface area contributed by atoms with Crippen molar-refractivity contribution in [3.63, 3.8) is 0 Å². The van der Waals surface area contributed by atoms with Crippen LogP contribution in [0.5, 0.6) is 0 Å². The summed E-state index contributed by atoms with van der Waals surface area (Å²) in [5.74, 6) is -1.18. The van der Waals surface area contributed by atoms with Crippen LogP contribution in [0.2, 0.25) is 0 Å². The number of carboxylic acids is 1. The van der Waals surface area contributed by atoms with Gasteiger partial charge in [0.2, 0.25) is 0 Å². The van der Waals surface area contributed by atoms with Crippen molar-refractivity contribution in [1.29, 1.82) is 0 Å². The lowest BCUT2D eigenvalue weighted by Gasteiger charge is -2.20. The summed E-state index contributed by atoms with van der Waals surface area (Å²) >= 11 is 0. The monoisotopic (exact) mass is 261 g/mol. The van der Waals surface area contributed by atoms with Gasteiger partial charge in [-0.1, -0.05) is 6.07 Å². The Balaban J connectivity index is 3.03. The van der Waals surface area contributed by atoms with Crippen LogP contribution in [0.25, 0.3) is 6.08 Å². The van der Waals surface area contributed by atoms with Crippen molar-refractivity contribution in [3.8, 4) is 0 Å². The van der Waals surface area contributed by atoms with Gasteiger partial charge in [-0.3, -0.25) is 4.79 Å². The molecule has 0 heterocycles. The number of hydrogen-bond acceptors (Lipinski definition) is 2. The van der Waals surface area contributed by atoms with Gasteiger partial charge < -0.3 is 10.4 Å². The third-order valence-electron chi connectivity index (χ3n) is 2.27. The Morgan fingerprint density at radius 3 is 2.37 bits per heavy atom. The molecule has 102 valence electrons. The molecule has 0 unspecified atom stereocenters. The van der Waals surface area contributed by atoms with Gasteiger partial charge in [0.05, 0.1) is 0 Å². The summed E-state index contributed by atoms with van der Waals surface area (Å²) in [6.45, 7) is 7.59. The lowest BCUT2D eigenvalue weighted by molar-refractivity contribution is -0.131. The Bertz CT molecular complexity index is 525. The van der Waals surface area contributed by atoms with E-state index in [0.29, 0.717) is 11.1 Å². The number of benzene rings is 1. The van der Waals surface area contributed by atoms with Gasteiger partial charge in [0.1, 0.15) is 0 Å². The number of amides is 1. The van der Waals surface area contributed by atoms with Crippen molar-refractivity contribution in [2.24, 2.45) is 0 Å². The Morgan fingerprint density at radius 2 is 1.84 bits per heavy atom. The maximum atomic E-state index is 12.1. The van der Waals surface area contributed by atoms with Gasteiger partial charge in [0, 0.05) is 17.2 Å². The number of hydrogen-bond donors (Lipinski definition) is 2. The fourth-order valence-electron chi connectivity index (χ4n) is 1.62. The molecule has 0 bridgehead atoms. The van der Waals surface area contributed by atoms with Gasteiger partial charge in [0.15, 0.2) is 0 Å². The number of aliphatic carboxylic acids is 1. The second-order valence-corrected chi connectivity index (χ2v) is 5.51. The first kappa shape index (κ1) is 15.0. The molecule has 0 spiro atoms. The number of carbonyl (C=O) groups is 2. The first-order chi connectivity index (χ1) is 8.67. The largest absolute Gasteiger partial charge is 0.478 e. The van der Waals surface area contributed by atoms with Crippen molar-refractivity contribution in [3.05, 3.63) is 41.0 Å². The van der Waals surface area contributed by atoms with Gasteiger partial charge in [-0.15, -0.1) is 0 Å². The highest BCUT2D eigenvalue weighted by molar-refractivity contribution is 5.95. The van der Waals surface area contributed by atoms with Crippen LogP contribution in [0.4, 0.5) is 0 Å². The van der Waals surface area contributed by atoms with E-state index in [1.165, 1.54) is 6.08 Å². The molecule has 1 rings (SSSR count). The number of nitrogens with one attached hydrogen (secondary N) is 1. The van der Waals surface area contributed by atoms with Crippen molar-refractivity contribution in [1.82, 2.24) is 5.32 Å². The van der Waals surface area contributed by atoms with E-state index >= 15 is 0 Å². The molecule has 19 heavy (non-hydrogen) atoms. The summed E-state index contributed by atoms with van der Waals surface area (Å²) in [5.41, 5.74) is 1.82. The van der Waals surface area contributed by atoms with E-state index in [4.69, 9.17) is 5.11 Å². The van der Waals surface area contributed by atoms with Crippen molar-refractivity contribution < 1.29 is 14.7 Å². The Kier molecular flexibility index (Phi) is 4.48. The average molecular weight is 261 g/mol. The first-order valence-electron chi connectivity index (χ1n) is 6.02. The molecule has 0 fully saturated rings. The molecular formula is C15H19NO3. The van der Waals surface area contributed by atoms with Crippen LogP contribution >= 0.6 is 0 Å². The topological polar surface area (TPSA) is 66.4 Å². The van der Waals surface area contributed by atoms with Gasteiger partial charge >= 0.3 is 5.97 Å². The molecule has 1 aromatic carbocycles. The third-order valence-corrected chi connectivity index (χ3v) is 2.27. The second-order valence-electron chi connectivity index (χ2n) is 5.51. The van der Waals surface area contributed by atoms with Crippen LogP contribution in [-0.2, 0) is 4.79 Å². The van der Waals surface area contributed by atoms with Crippen molar-refractivity contribution in [2.75, 3.05) is 0 Å². The molecule has 0 radical (unpaired) electrons. The highest BCUT2D eigenvalue weighted by atomic mass is 16.4. The van der Waals surface area contributed by atoms with Crippen LogP contribution in [-0.4, -0.2) is 22.5 Å². The summed E-state index contributed by atoms with van der Waals surface area (Å²) in [5, 5.41) is 11.5. The zero-order valence-corrected chi connectivity index (χ0v) is 11.7. The lowest BCUT2D eigenvalue weighted by Crippen LogP contribution is -2.40. The highest BCUT2D eigenvalue weighted by Crippen LogP contribution is 2.13. The number of carboxylic acid groups (broad SMARTS) is 1. The molecule has 0 aliphatic heterocycles. The van der Waals surface area contributed by atoms with Crippen LogP contribution < -0.4 is 5.32 Å². The van der Waals surface area contributed by atoms with E-state index in [1.807, 2.05) is 33.8 Å². The minimum absolute atomic E-state index is 0.166. The minimum atomic E-state index is -1.01. The molecular weight excluding hydrogens is 242 g/mol. The molecule has 0 saturated carbocycles. The summed E-state index contributed by atoms with van der Waals surface area (Å²) in [6, 6.07) is 5.28. The molecule has 4 nitrogen and oxygen atoms in total. The van der Waals surface area contributed by atoms with Crippen molar-refractivity contribution in [2.45, 2.75) is 33.2 Å². The predicted molar refractivity (Wildman–Crippen MR) is 75.1 cm³/mol. The van der Waals surface area contributed by atoms with E-state index in [0.717, 1.165) is 11.6 Å². The highest BCUT2D eigenvalue weighted by Gasteiger charge is 2.15. The number of aryl methyl sites for hydroxylation is 1. The van der Waals surface area contributed by atoms with Crippen LogP contribution in [0.3, 0.4) is 0 Å². The SMILES string of the molecule is Cc1cc(/C=C/C(=O)O)cc(C(=O)NC(C)(C)C)c1. The molecule has 0 aromatic heterocycles. The summed E-state index contributed by atoms with van der Waals surface area (Å²) in [6.07, 6.45) is 2.53. The normalized spacial score (nSPS) is 11.6. The fraction of sp³-hybridized carbons (Fsp3) is 0.333. The van der Waals surface area contributed by atoms with Crippen LogP contribution in [0.15, 0.2) is 24.3 Å². The molecule has 1 amide bonds. The molecule has 0 aliphatic carbocycles. The van der Waals surface area contributed by atoms with E-state index in [9.17, 15) is 9.59 Å². The van der Waals surface area contributed by atoms with E-state index < -0.39 is 5.97 Å². The van der Waals surface area contributed by atoms with Crippen LogP contribution in [0, 0.1) is 6.92 Å². The Hall–Kier alpha value is -2.10. The first-order valence-corrected chi connectivity index (χ1v) is 6.02. The minimum Gasteiger partial charge on any atom is -0.478 e. The zero-order chi connectivity index (χ0) is 14.6. The maximum Gasteiger partial charge on any atom is 0.328 e. The Morgan fingerprint density at radius 1 is 1.21 bits per heavy atom. The average Bonchev–Trinajstić information content (AvgIpc) is 2.23. The van der Waals surface area contributed by atoms with Gasteiger partial charge in [-0.25, -0.2) is 4.79 Å². The van der Waals surface area contributed by atoms with Gasteiger partial charge in [0.25, 0.3) is 5.91 Å². The van der Waals surface area contributed by atoms with Crippen molar-refractivity contribution >= 4 is 18.0 Å². The van der Waals surface area contributed by atoms with E-state index in [-0.39, 0.29) is 11.4 Å². The van der Waals surface area contributed by atoms with Crippen LogP contribution in [0.1, 0.15) is 42.3 Å². The van der Waals surface area contributed by atoms with E-state index in [1.54, 1.807) is 12.1 Å². The second kappa shape index (κ2) is 5.69. The smallest absolute Gasteiger partial charge is 0.328 e. The molecule has 0 atom stereocenters. The van der Waals surface area contributed by atoms with Gasteiger partial charge in [-0.2, -0.15) is 0 Å². The molecule has 0 saturated heterocycles. The molecule has 1 aromatic rings. The maximum absolute atomic E-state index is 12.1. The quantitative estimate of drug-likeness (QED) is 0.822. The van der Waals surface area contributed by atoms with Gasteiger partial charge in [-0.05, 0) is 57.0 Å². The predicted octanol–water partition coefficient (Wildman–Crippen LogP) is 2.62. The molecule has 0 aliphatic rings. The summed E-state index contributed by atoms with van der Waals surface area (Å²) < 4.78 is 0. The Labute approximate surface area is 113 Å².